The van der Waals surface area contributed by atoms with Crippen molar-refractivity contribution in [3.63, 3.8) is 0 Å². The van der Waals surface area contributed by atoms with Gasteiger partial charge in [-0.1, -0.05) is 12.1 Å². The predicted octanol–water partition coefficient (Wildman–Crippen LogP) is -0.594. The van der Waals surface area contributed by atoms with E-state index in [0.717, 1.165) is 4.90 Å². The molecule has 48 heavy (non-hydrogen) atoms. The standard InChI is InChI=1S/C29H32N4O13S2/c1-28(2)20(33-23(37)19(24(33)47-28)31-22(36)18(30)12-5-7-13(34)8-6-12)25(38)43-10-14-15(46-27(40)45-14)11-44-26(39)21-29(3,4)48(41,42)17-9-16(35)32(17)21/h5-8,17-21,24,34H,9-11,30H2,1-4H3,(H,31,36)/t17-,18?,19?,20+,21+,24-/m1/s1. The van der Waals surface area contributed by atoms with Gasteiger partial charge in [-0.2, -0.15) is 0 Å². The van der Waals surface area contributed by atoms with E-state index in [2.05, 4.69) is 5.32 Å². The molecule has 4 N–H and O–H groups in total. The molecule has 1 aromatic carbocycles. The van der Waals surface area contributed by atoms with E-state index >= 15 is 0 Å². The Hall–Kier alpha value is -4.36. The first-order valence-electron chi connectivity index (χ1n) is 14.7. The third-order valence-corrected chi connectivity index (χ3v) is 13.5. The first kappa shape index (κ1) is 33.5. The number of hydrogen-bond donors (Lipinski definition) is 3. The van der Waals surface area contributed by atoms with Crippen LogP contribution in [0.2, 0.25) is 0 Å². The second-order valence-electron chi connectivity index (χ2n) is 12.8. The van der Waals surface area contributed by atoms with Gasteiger partial charge in [-0.05, 0) is 45.4 Å². The summed E-state index contributed by atoms with van der Waals surface area (Å²) in [6, 6.07) is 1.14. The molecule has 2 aromatic rings. The number of carbonyl (C=O) groups is 5. The number of nitrogens with two attached hydrogens (primary N) is 1. The van der Waals surface area contributed by atoms with Gasteiger partial charge in [0.1, 0.15) is 40.7 Å². The van der Waals surface area contributed by atoms with Gasteiger partial charge in [-0.25, -0.2) is 22.8 Å². The number of β-lactam (4-membered cyclic amide) rings is 2. The van der Waals surface area contributed by atoms with Crippen LogP contribution in [-0.4, -0.2) is 91.4 Å². The molecule has 0 spiro atoms. The number of carbonyl (C=O) groups excluding carboxylic acids is 5. The van der Waals surface area contributed by atoms with E-state index < -0.39 is 103 Å². The van der Waals surface area contributed by atoms with Crippen LogP contribution in [0.25, 0.3) is 0 Å². The van der Waals surface area contributed by atoms with Crippen molar-refractivity contribution in [1.82, 2.24) is 15.1 Å². The van der Waals surface area contributed by atoms with Crippen LogP contribution in [0.3, 0.4) is 0 Å². The molecule has 1 aromatic heterocycles. The Morgan fingerprint density at radius 3 is 2.12 bits per heavy atom. The number of hydrogen-bond acceptors (Lipinski definition) is 15. The second kappa shape index (κ2) is 11.4. The first-order valence-corrected chi connectivity index (χ1v) is 17.1. The normalized spacial score (nSPS) is 28.1. The molecule has 0 bridgehead atoms. The highest BCUT2D eigenvalue weighted by Crippen LogP contribution is 2.51. The van der Waals surface area contributed by atoms with E-state index in [1.54, 1.807) is 13.8 Å². The summed E-state index contributed by atoms with van der Waals surface area (Å²) in [4.78, 5) is 78.6. The predicted molar refractivity (Wildman–Crippen MR) is 162 cm³/mol. The summed E-state index contributed by atoms with van der Waals surface area (Å²) in [5.41, 5.74) is 6.46. The highest BCUT2D eigenvalue weighted by molar-refractivity contribution is 8.01. The zero-order valence-corrected chi connectivity index (χ0v) is 27.7. The number of esters is 2. The SMILES string of the molecule is CC1(C)S[C@@H]2C(NC(=O)C(N)c3ccc(O)cc3)C(=O)N2[C@H]1C(=O)OCc1oc(=O)oc1COC(=O)[C@@H]1N2C(=O)C[C@H]2S(=O)(=O)C1(C)C. The molecule has 2 unspecified atom stereocenters. The Labute approximate surface area is 277 Å². The highest BCUT2D eigenvalue weighted by Gasteiger charge is 2.68. The minimum absolute atomic E-state index is 0.000165. The van der Waals surface area contributed by atoms with Crippen molar-refractivity contribution in [2.24, 2.45) is 5.73 Å². The second-order valence-corrected chi connectivity index (χ2v) is 17.3. The number of phenols is 1. The van der Waals surface area contributed by atoms with Crippen molar-refractivity contribution in [1.29, 1.82) is 0 Å². The summed E-state index contributed by atoms with van der Waals surface area (Å²) in [5, 5.41) is 10.4. The van der Waals surface area contributed by atoms with Crippen molar-refractivity contribution >= 4 is 51.3 Å². The molecule has 6 rings (SSSR count). The minimum Gasteiger partial charge on any atom is -0.508 e. The highest BCUT2D eigenvalue weighted by atomic mass is 32.2. The summed E-state index contributed by atoms with van der Waals surface area (Å²) in [7, 11) is -3.86. The third-order valence-electron chi connectivity index (χ3n) is 9.11. The van der Waals surface area contributed by atoms with Crippen molar-refractivity contribution in [3.8, 4) is 5.75 Å². The van der Waals surface area contributed by atoms with Gasteiger partial charge in [0, 0.05) is 4.75 Å². The number of nitrogens with one attached hydrogen (secondary N) is 1. The molecule has 0 radical (unpaired) electrons. The molecular weight excluding hydrogens is 676 g/mol. The molecule has 258 valence electrons. The molecule has 4 saturated heterocycles. The molecule has 5 heterocycles. The molecular formula is C29H32N4O13S2. The molecule has 3 amide bonds. The van der Waals surface area contributed by atoms with Gasteiger partial charge in [0.2, 0.25) is 17.7 Å². The molecule has 0 aliphatic carbocycles. The molecule has 19 heteroatoms. The van der Waals surface area contributed by atoms with Gasteiger partial charge in [-0.3, -0.25) is 14.4 Å². The number of phenolic OH excluding ortho intramolecular Hbond substituents is 1. The smallest absolute Gasteiger partial charge is 0.508 e. The maximum atomic E-state index is 13.3. The van der Waals surface area contributed by atoms with Gasteiger partial charge >= 0.3 is 17.8 Å². The monoisotopic (exact) mass is 708 g/mol. The van der Waals surface area contributed by atoms with Crippen LogP contribution >= 0.6 is 11.8 Å². The van der Waals surface area contributed by atoms with Gasteiger partial charge < -0.3 is 44.3 Å². The van der Waals surface area contributed by atoms with E-state index in [-0.39, 0.29) is 23.7 Å². The lowest BCUT2D eigenvalue weighted by Gasteiger charge is -2.44. The molecule has 6 atom stereocenters. The molecule has 4 aliphatic heterocycles. The topological polar surface area (TPSA) is 246 Å². The Kier molecular flexibility index (Phi) is 7.94. The average molecular weight is 709 g/mol. The third kappa shape index (κ3) is 5.14. The van der Waals surface area contributed by atoms with Crippen molar-refractivity contribution in [2.75, 3.05) is 0 Å². The summed E-state index contributed by atoms with van der Waals surface area (Å²) in [6.45, 7) is 4.75. The zero-order chi connectivity index (χ0) is 35.1. The fourth-order valence-electron chi connectivity index (χ4n) is 6.40. The average Bonchev–Trinajstić information content (AvgIpc) is 3.54. The van der Waals surface area contributed by atoms with E-state index in [9.17, 15) is 42.3 Å². The van der Waals surface area contributed by atoms with E-state index in [0.29, 0.717) is 5.56 Å². The van der Waals surface area contributed by atoms with Crippen LogP contribution in [0.4, 0.5) is 0 Å². The summed E-state index contributed by atoms with van der Waals surface area (Å²) in [6.07, 6.45) is -0.230. The number of amides is 3. The van der Waals surface area contributed by atoms with Gasteiger partial charge in [0.15, 0.2) is 34.6 Å². The Morgan fingerprint density at radius 2 is 1.56 bits per heavy atom. The lowest BCUT2D eigenvalue weighted by molar-refractivity contribution is -0.165. The number of benzene rings is 1. The van der Waals surface area contributed by atoms with Crippen LogP contribution in [0, 0.1) is 0 Å². The number of sulfone groups is 1. The number of nitrogens with zero attached hydrogens (tertiary/aromatic N) is 2. The number of aromatic hydroxyl groups is 1. The molecule has 17 nitrogen and oxygen atoms in total. The summed E-state index contributed by atoms with van der Waals surface area (Å²) >= 11 is 1.27. The van der Waals surface area contributed by atoms with Gasteiger partial charge in [-0.15, -0.1) is 11.8 Å². The number of ether oxygens (including phenoxy) is 2. The first-order chi connectivity index (χ1) is 22.4. The van der Waals surface area contributed by atoms with Crippen molar-refractivity contribution < 1.29 is 55.8 Å². The summed E-state index contributed by atoms with van der Waals surface area (Å²) in [5.74, 6) is -5.34. The summed E-state index contributed by atoms with van der Waals surface area (Å²) < 4.78 is 43.7. The number of fused-ring (bicyclic) bond motifs is 2. The largest absolute Gasteiger partial charge is 0.519 e. The van der Waals surface area contributed by atoms with Crippen LogP contribution in [0.5, 0.6) is 5.75 Å². The quantitative estimate of drug-likeness (QED) is 0.218. The number of thioether (sulfide) groups is 1. The number of rotatable bonds is 9. The van der Waals surface area contributed by atoms with E-state index in [1.807, 2.05) is 0 Å². The Morgan fingerprint density at radius 1 is 1.00 bits per heavy atom. The van der Waals surface area contributed by atoms with E-state index in [4.69, 9.17) is 24.0 Å². The Balaban J connectivity index is 1.08. The fourth-order valence-corrected chi connectivity index (χ4v) is 10.1. The fraction of sp³-hybridized carbons (Fsp3) is 0.517. The lowest BCUT2D eigenvalue weighted by atomic mass is 9.95. The van der Waals surface area contributed by atoms with Crippen LogP contribution in [0.1, 0.15) is 57.2 Å². The molecule has 4 fully saturated rings. The minimum atomic E-state index is -3.86. The van der Waals surface area contributed by atoms with E-state index in [1.165, 1.54) is 54.8 Å². The molecule has 4 aliphatic rings. The molecule has 0 saturated carbocycles. The van der Waals surface area contributed by atoms with Crippen molar-refractivity contribution in [3.05, 3.63) is 52.0 Å². The Bertz CT molecular complexity index is 1880. The maximum Gasteiger partial charge on any atom is 0.519 e. The zero-order valence-electron chi connectivity index (χ0n) is 26.0. The van der Waals surface area contributed by atoms with Gasteiger partial charge in [0.25, 0.3) is 0 Å². The maximum absolute atomic E-state index is 13.3. The van der Waals surface area contributed by atoms with Gasteiger partial charge in [0.05, 0.1) is 11.2 Å². The van der Waals surface area contributed by atoms with Crippen LogP contribution in [0.15, 0.2) is 37.9 Å². The van der Waals surface area contributed by atoms with Crippen LogP contribution in [-0.2, 0) is 56.5 Å². The lowest BCUT2D eigenvalue weighted by Crippen LogP contribution is -2.71. The van der Waals surface area contributed by atoms with Crippen LogP contribution < -0.4 is 16.9 Å². The van der Waals surface area contributed by atoms with Crippen molar-refractivity contribution in [2.45, 2.75) is 91.7 Å².